The van der Waals surface area contributed by atoms with Gasteiger partial charge in [0.15, 0.2) is 0 Å². The molecule has 0 atom stereocenters. The first kappa shape index (κ1) is 15.9. The summed E-state index contributed by atoms with van der Waals surface area (Å²) in [5, 5.41) is 2.95. The molecule has 5 heteroatoms. The Morgan fingerprint density at radius 1 is 1.38 bits per heavy atom. The summed E-state index contributed by atoms with van der Waals surface area (Å²) in [6.45, 7) is 2.53. The number of rotatable bonds is 8. The fourth-order valence-corrected chi connectivity index (χ4v) is 2.70. The molecule has 21 heavy (non-hydrogen) atoms. The molecule has 1 saturated carbocycles. The highest BCUT2D eigenvalue weighted by Crippen LogP contribution is 2.46. The van der Waals surface area contributed by atoms with Crippen LogP contribution in [-0.4, -0.2) is 35.9 Å². The highest BCUT2D eigenvalue weighted by atomic mass is 32.1. The Bertz CT molecular complexity index is 500. The molecule has 1 aromatic rings. The minimum atomic E-state index is -0.536. The van der Waals surface area contributed by atoms with Crippen molar-refractivity contribution in [2.45, 2.75) is 25.8 Å². The lowest BCUT2D eigenvalue weighted by atomic mass is 10.1. The molecule has 0 bridgehead atoms. The van der Waals surface area contributed by atoms with Crippen molar-refractivity contribution >= 4 is 23.1 Å². The van der Waals surface area contributed by atoms with E-state index in [1.165, 1.54) is 5.56 Å². The van der Waals surface area contributed by atoms with E-state index in [0.717, 1.165) is 32.4 Å². The molecule has 0 aromatic heterocycles. The summed E-state index contributed by atoms with van der Waals surface area (Å²) in [7, 11) is 2.09. The molecule has 0 radical (unpaired) electrons. The summed E-state index contributed by atoms with van der Waals surface area (Å²) in [5.74, 6) is 0.000660. The van der Waals surface area contributed by atoms with E-state index in [0.29, 0.717) is 11.5 Å². The molecule has 4 nitrogen and oxygen atoms in total. The highest BCUT2D eigenvalue weighted by Gasteiger charge is 2.52. The number of carbonyl (C=O) groups excluding carboxylic acids is 1. The number of amides is 1. The van der Waals surface area contributed by atoms with Gasteiger partial charge in [0.05, 0.1) is 10.4 Å². The third-order valence-corrected chi connectivity index (χ3v) is 4.34. The van der Waals surface area contributed by atoms with E-state index in [4.69, 9.17) is 18.0 Å². The maximum Gasteiger partial charge on any atom is 0.233 e. The van der Waals surface area contributed by atoms with Crippen molar-refractivity contribution < 1.29 is 4.79 Å². The SMILES string of the molecule is CN(CCCNC(=O)C1(C(N)=S)CC1)Cc1ccccc1. The van der Waals surface area contributed by atoms with Crippen molar-refractivity contribution in [2.24, 2.45) is 11.1 Å². The lowest BCUT2D eigenvalue weighted by Crippen LogP contribution is -2.40. The van der Waals surface area contributed by atoms with Gasteiger partial charge in [0, 0.05) is 13.1 Å². The summed E-state index contributed by atoms with van der Waals surface area (Å²) in [4.78, 5) is 14.6. The molecule has 1 aromatic carbocycles. The van der Waals surface area contributed by atoms with Crippen molar-refractivity contribution in [1.29, 1.82) is 0 Å². The van der Waals surface area contributed by atoms with Crippen LogP contribution in [0.3, 0.4) is 0 Å². The van der Waals surface area contributed by atoms with E-state index in [1.807, 2.05) is 18.2 Å². The number of hydrogen-bond acceptors (Lipinski definition) is 3. The van der Waals surface area contributed by atoms with Crippen LogP contribution >= 0.6 is 12.2 Å². The number of nitrogens with two attached hydrogens (primary N) is 1. The van der Waals surface area contributed by atoms with Crippen molar-refractivity contribution in [1.82, 2.24) is 10.2 Å². The molecule has 1 aliphatic carbocycles. The second-order valence-corrected chi connectivity index (χ2v) is 6.22. The van der Waals surface area contributed by atoms with Gasteiger partial charge in [-0.3, -0.25) is 4.79 Å². The van der Waals surface area contributed by atoms with Crippen LogP contribution in [0.2, 0.25) is 0 Å². The average molecular weight is 305 g/mol. The number of nitrogens with zero attached hydrogens (tertiary/aromatic N) is 1. The van der Waals surface area contributed by atoms with Crippen molar-refractivity contribution in [2.75, 3.05) is 20.1 Å². The Hall–Kier alpha value is -1.46. The highest BCUT2D eigenvalue weighted by molar-refractivity contribution is 7.80. The largest absolute Gasteiger partial charge is 0.392 e. The summed E-state index contributed by atoms with van der Waals surface area (Å²) in [5.41, 5.74) is 6.40. The second kappa shape index (κ2) is 7.00. The maximum absolute atomic E-state index is 12.0. The van der Waals surface area contributed by atoms with Gasteiger partial charge in [0.1, 0.15) is 0 Å². The van der Waals surface area contributed by atoms with Crippen LogP contribution in [0, 0.1) is 5.41 Å². The number of thiocarbonyl (C=S) groups is 1. The van der Waals surface area contributed by atoms with E-state index in [2.05, 4.69) is 29.4 Å². The van der Waals surface area contributed by atoms with Crippen molar-refractivity contribution in [3.63, 3.8) is 0 Å². The summed E-state index contributed by atoms with van der Waals surface area (Å²) < 4.78 is 0. The zero-order valence-corrected chi connectivity index (χ0v) is 13.3. The van der Waals surface area contributed by atoms with Crippen LogP contribution in [0.4, 0.5) is 0 Å². The Balaban J connectivity index is 1.64. The molecule has 0 aliphatic heterocycles. The summed E-state index contributed by atoms with van der Waals surface area (Å²) in [6, 6.07) is 10.4. The zero-order valence-electron chi connectivity index (χ0n) is 12.5. The van der Waals surface area contributed by atoms with Gasteiger partial charge in [0.25, 0.3) is 0 Å². The predicted octanol–water partition coefficient (Wildman–Crippen LogP) is 1.69. The second-order valence-electron chi connectivity index (χ2n) is 5.78. The van der Waals surface area contributed by atoms with Crippen LogP contribution in [0.25, 0.3) is 0 Å². The Labute approximate surface area is 131 Å². The van der Waals surface area contributed by atoms with Gasteiger partial charge >= 0.3 is 0 Å². The molecular formula is C16H23N3OS. The first-order chi connectivity index (χ1) is 10.0. The first-order valence-electron chi connectivity index (χ1n) is 7.35. The third kappa shape index (κ3) is 4.25. The maximum atomic E-state index is 12.0. The minimum Gasteiger partial charge on any atom is -0.392 e. The van der Waals surface area contributed by atoms with Crippen LogP contribution in [0.5, 0.6) is 0 Å². The smallest absolute Gasteiger partial charge is 0.233 e. The van der Waals surface area contributed by atoms with Gasteiger partial charge in [-0.1, -0.05) is 42.5 Å². The molecule has 0 heterocycles. The van der Waals surface area contributed by atoms with E-state index in [1.54, 1.807) is 0 Å². The molecule has 3 N–H and O–H groups in total. The van der Waals surface area contributed by atoms with Crippen molar-refractivity contribution in [3.8, 4) is 0 Å². The molecule has 0 spiro atoms. The minimum absolute atomic E-state index is 0.000660. The monoisotopic (exact) mass is 305 g/mol. The van der Waals surface area contributed by atoms with E-state index in [-0.39, 0.29) is 5.91 Å². The Morgan fingerprint density at radius 3 is 2.62 bits per heavy atom. The van der Waals surface area contributed by atoms with Crippen LogP contribution in [-0.2, 0) is 11.3 Å². The molecule has 2 rings (SSSR count). The van der Waals surface area contributed by atoms with E-state index in [9.17, 15) is 4.79 Å². The van der Waals surface area contributed by atoms with E-state index >= 15 is 0 Å². The van der Waals surface area contributed by atoms with Gasteiger partial charge in [-0.2, -0.15) is 0 Å². The van der Waals surface area contributed by atoms with Gasteiger partial charge < -0.3 is 16.0 Å². The fraction of sp³-hybridized carbons (Fsp3) is 0.500. The molecule has 1 aliphatic rings. The summed E-state index contributed by atoms with van der Waals surface area (Å²) >= 11 is 4.97. The number of nitrogens with one attached hydrogen (secondary N) is 1. The standard InChI is InChI=1S/C16H23N3OS/c1-19(12-13-6-3-2-4-7-13)11-5-10-18-15(20)16(8-9-16)14(17)21/h2-4,6-7H,5,8-12H2,1H3,(H2,17,21)(H,18,20). The molecule has 1 amide bonds. The molecule has 0 unspecified atom stereocenters. The molecular weight excluding hydrogens is 282 g/mol. The fourth-order valence-electron chi connectivity index (χ4n) is 2.40. The predicted molar refractivity (Wildman–Crippen MR) is 88.9 cm³/mol. The molecule has 114 valence electrons. The number of hydrogen-bond donors (Lipinski definition) is 2. The third-order valence-electron chi connectivity index (χ3n) is 3.95. The van der Waals surface area contributed by atoms with Crippen LogP contribution in [0.15, 0.2) is 30.3 Å². The number of carbonyl (C=O) groups is 1. The van der Waals surface area contributed by atoms with Crippen LogP contribution < -0.4 is 11.1 Å². The lowest BCUT2D eigenvalue weighted by molar-refractivity contribution is -0.124. The topological polar surface area (TPSA) is 58.4 Å². The lowest BCUT2D eigenvalue weighted by Gasteiger charge is -2.18. The molecule has 1 fully saturated rings. The van der Waals surface area contributed by atoms with Crippen molar-refractivity contribution in [3.05, 3.63) is 35.9 Å². The van der Waals surface area contributed by atoms with Gasteiger partial charge in [-0.05, 0) is 38.4 Å². The Morgan fingerprint density at radius 2 is 2.05 bits per heavy atom. The first-order valence-corrected chi connectivity index (χ1v) is 7.76. The zero-order chi connectivity index (χ0) is 15.3. The van der Waals surface area contributed by atoms with E-state index < -0.39 is 5.41 Å². The Kier molecular flexibility index (Phi) is 5.31. The average Bonchev–Trinajstić information content (AvgIpc) is 3.26. The van der Waals surface area contributed by atoms with Gasteiger partial charge in [-0.15, -0.1) is 0 Å². The normalized spacial score (nSPS) is 15.7. The van der Waals surface area contributed by atoms with Crippen LogP contribution in [0.1, 0.15) is 24.8 Å². The quantitative estimate of drug-likeness (QED) is 0.567. The van der Waals surface area contributed by atoms with Gasteiger partial charge in [0.2, 0.25) is 5.91 Å². The molecule has 0 saturated heterocycles. The van der Waals surface area contributed by atoms with Gasteiger partial charge in [-0.25, -0.2) is 0 Å². The summed E-state index contributed by atoms with van der Waals surface area (Å²) in [6.07, 6.45) is 2.51. The number of benzene rings is 1.